The first-order valence-electron chi connectivity index (χ1n) is 7.97. The van der Waals surface area contributed by atoms with Gasteiger partial charge in [0.05, 0.1) is 12.1 Å². The third kappa shape index (κ3) is 4.15. The lowest BCUT2D eigenvalue weighted by Crippen LogP contribution is -2.46. The van der Waals surface area contributed by atoms with Gasteiger partial charge in [0.15, 0.2) is 0 Å². The average Bonchev–Trinajstić information content (AvgIpc) is 3.06. The minimum Gasteiger partial charge on any atom is -0.394 e. The van der Waals surface area contributed by atoms with E-state index < -0.39 is 24.5 Å². The minimum atomic E-state index is -1.20. The summed E-state index contributed by atoms with van der Waals surface area (Å²) in [6.07, 6.45) is 3.31. The Labute approximate surface area is 152 Å². The summed E-state index contributed by atoms with van der Waals surface area (Å²) in [6, 6.07) is 7.91. The highest BCUT2D eigenvalue weighted by atomic mass is 19.1. The zero-order valence-corrected chi connectivity index (χ0v) is 14.0. The van der Waals surface area contributed by atoms with Crippen LogP contribution in [0.4, 0.5) is 4.39 Å². The Kier molecular flexibility index (Phi) is 5.23. The topological polar surface area (TPSA) is 134 Å². The summed E-state index contributed by atoms with van der Waals surface area (Å²) < 4.78 is 13.3. The van der Waals surface area contributed by atoms with Gasteiger partial charge in [0.2, 0.25) is 5.91 Å². The van der Waals surface area contributed by atoms with E-state index in [4.69, 9.17) is 10.8 Å². The molecule has 3 aromatic rings. The molecular formula is C18H16FN5O3. The lowest BCUT2D eigenvalue weighted by atomic mass is 10.2. The van der Waals surface area contributed by atoms with Crippen LogP contribution in [0.1, 0.15) is 21.7 Å². The number of nitrogens with one attached hydrogen (secondary N) is 2. The Hall–Kier alpha value is -3.59. The molecule has 0 fully saturated rings. The molecule has 3 rings (SSSR count). The lowest BCUT2D eigenvalue weighted by Gasteiger charge is -2.11. The first-order valence-corrected chi connectivity index (χ1v) is 7.97. The molecule has 0 saturated carbocycles. The van der Waals surface area contributed by atoms with E-state index in [1.165, 1.54) is 18.2 Å². The standard InChI is InChI=1S/C18H16FN5O3/c19-11-3-1-2-10(8-11)4-5-12-16-13(24-23-12)6-7-14(21-16)18(27)22-15(9-25)17(20)26/h1-8,15,25H,9H2,(H2,20,26)(H,22,27)(H,23,24). The fraction of sp³-hybridized carbons (Fsp3) is 0.111. The first-order chi connectivity index (χ1) is 13.0. The smallest absolute Gasteiger partial charge is 0.270 e. The van der Waals surface area contributed by atoms with Crippen LogP contribution >= 0.6 is 0 Å². The SMILES string of the molecule is NC(=O)C(CO)NC(=O)c1ccc2[nH]nc(C=Cc3cccc(F)c3)c2n1. The molecule has 8 nitrogen and oxygen atoms in total. The zero-order valence-electron chi connectivity index (χ0n) is 14.0. The molecule has 27 heavy (non-hydrogen) atoms. The molecule has 0 aliphatic carbocycles. The van der Waals surface area contributed by atoms with E-state index >= 15 is 0 Å². The number of benzene rings is 1. The molecule has 9 heteroatoms. The number of aliphatic hydroxyl groups is 1. The molecule has 2 amide bonds. The van der Waals surface area contributed by atoms with E-state index in [9.17, 15) is 14.0 Å². The number of aromatic nitrogens is 3. The number of halogens is 1. The number of aromatic amines is 1. The largest absolute Gasteiger partial charge is 0.394 e. The second kappa shape index (κ2) is 7.75. The molecule has 5 N–H and O–H groups in total. The highest BCUT2D eigenvalue weighted by Crippen LogP contribution is 2.17. The number of rotatable bonds is 6. The number of pyridine rings is 1. The van der Waals surface area contributed by atoms with Gasteiger partial charge in [0.1, 0.15) is 28.8 Å². The summed E-state index contributed by atoms with van der Waals surface area (Å²) >= 11 is 0. The number of amides is 2. The van der Waals surface area contributed by atoms with Gasteiger partial charge in [-0.05, 0) is 35.9 Å². The third-order valence-electron chi connectivity index (χ3n) is 3.78. The normalized spacial score (nSPS) is 12.4. The molecule has 0 aliphatic rings. The number of nitrogens with zero attached hydrogens (tertiary/aromatic N) is 2. The van der Waals surface area contributed by atoms with Crippen LogP contribution in [0.5, 0.6) is 0 Å². The lowest BCUT2D eigenvalue weighted by molar-refractivity contribution is -0.120. The van der Waals surface area contributed by atoms with Crippen molar-refractivity contribution >= 4 is 35.0 Å². The molecule has 1 aromatic carbocycles. The summed E-state index contributed by atoms with van der Waals surface area (Å²) in [5, 5.41) is 18.3. The van der Waals surface area contributed by atoms with Gasteiger partial charge in [-0.1, -0.05) is 18.2 Å². The van der Waals surface area contributed by atoms with Crippen LogP contribution < -0.4 is 11.1 Å². The summed E-state index contributed by atoms with van der Waals surface area (Å²) in [6.45, 7) is -0.614. The first kappa shape index (κ1) is 18.2. The van der Waals surface area contributed by atoms with Crippen LogP contribution in [0.2, 0.25) is 0 Å². The van der Waals surface area contributed by atoms with Crippen molar-refractivity contribution in [3.63, 3.8) is 0 Å². The number of carbonyl (C=O) groups is 2. The van der Waals surface area contributed by atoms with Crippen LogP contribution in [0.3, 0.4) is 0 Å². The highest BCUT2D eigenvalue weighted by Gasteiger charge is 2.19. The Balaban J connectivity index is 1.87. The number of hydrogen-bond acceptors (Lipinski definition) is 5. The van der Waals surface area contributed by atoms with Crippen LogP contribution in [-0.2, 0) is 4.79 Å². The predicted octanol–water partition coefficient (Wildman–Crippen LogP) is 0.843. The van der Waals surface area contributed by atoms with E-state index in [1.807, 2.05) is 0 Å². The Morgan fingerprint density at radius 3 is 2.81 bits per heavy atom. The number of carbonyl (C=O) groups excluding carboxylic acids is 2. The molecule has 0 bridgehead atoms. The molecule has 0 aliphatic heterocycles. The van der Waals surface area contributed by atoms with Gasteiger partial charge in [0, 0.05) is 0 Å². The van der Waals surface area contributed by atoms with Gasteiger partial charge in [-0.2, -0.15) is 5.10 Å². The number of aliphatic hydroxyl groups excluding tert-OH is 1. The maximum Gasteiger partial charge on any atom is 0.270 e. The van der Waals surface area contributed by atoms with E-state index in [1.54, 1.807) is 30.4 Å². The summed E-state index contributed by atoms with van der Waals surface area (Å²) in [7, 11) is 0. The van der Waals surface area contributed by atoms with Crippen molar-refractivity contribution in [2.75, 3.05) is 6.61 Å². The van der Waals surface area contributed by atoms with Crippen molar-refractivity contribution in [2.24, 2.45) is 5.73 Å². The molecule has 2 aromatic heterocycles. The maximum absolute atomic E-state index is 13.3. The zero-order chi connectivity index (χ0) is 19.4. The quantitative estimate of drug-likeness (QED) is 0.511. The Morgan fingerprint density at radius 1 is 1.30 bits per heavy atom. The second-order valence-electron chi connectivity index (χ2n) is 5.70. The highest BCUT2D eigenvalue weighted by molar-refractivity contribution is 5.98. The fourth-order valence-corrected chi connectivity index (χ4v) is 2.39. The third-order valence-corrected chi connectivity index (χ3v) is 3.78. The van der Waals surface area contributed by atoms with E-state index in [0.29, 0.717) is 22.3 Å². The maximum atomic E-state index is 13.3. The number of nitrogens with two attached hydrogens (primary N) is 1. The molecule has 0 spiro atoms. The molecule has 1 atom stereocenters. The van der Waals surface area contributed by atoms with Crippen LogP contribution in [0.15, 0.2) is 36.4 Å². The molecule has 138 valence electrons. The van der Waals surface area contributed by atoms with Gasteiger partial charge in [-0.25, -0.2) is 9.37 Å². The molecular weight excluding hydrogens is 353 g/mol. The summed E-state index contributed by atoms with van der Waals surface area (Å²) in [5.74, 6) is -1.86. The van der Waals surface area contributed by atoms with Crippen molar-refractivity contribution in [2.45, 2.75) is 6.04 Å². The van der Waals surface area contributed by atoms with Crippen molar-refractivity contribution in [3.05, 3.63) is 59.2 Å². The van der Waals surface area contributed by atoms with E-state index in [2.05, 4.69) is 20.5 Å². The van der Waals surface area contributed by atoms with E-state index in [0.717, 1.165) is 0 Å². The van der Waals surface area contributed by atoms with Crippen molar-refractivity contribution in [3.8, 4) is 0 Å². The Bertz CT molecular complexity index is 1030. The fourth-order valence-electron chi connectivity index (χ4n) is 2.39. The van der Waals surface area contributed by atoms with Gasteiger partial charge >= 0.3 is 0 Å². The number of hydrogen-bond donors (Lipinski definition) is 4. The van der Waals surface area contributed by atoms with Crippen LogP contribution in [-0.4, -0.2) is 44.8 Å². The van der Waals surface area contributed by atoms with Crippen LogP contribution in [0.25, 0.3) is 23.2 Å². The Morgan fingerprint density at radius 2 is 2.11 bits per heavy atom. The van der Waals surface area contributed by atoms with Crippen molar-refractivity contribution in [1.29, 1.82) is 0 Å². The molecule has 2 heterocycles. The van der Waals surface area contributed by atoms with Gasteiger partial charge in [-0.3, -0.25) is 14.7 Å². The molecule has 0 radical (unpaired) electrons. The minimum absolute atomic E-state index is 0.0315. The summed E-state index contributed by atoms with van der Waals surface area (Å²) in [4.78, 5) is 27.6. The average molecular weight is 369 g/mol. The predicted molar refractivity (Wildman–Crippen MR) is 96.8 cm³/mol. The van der Waals surface area contributed by atoms with Crippen molar-refractivity contribution < 1.29 is 19.1 Å². The monoisotopic (exact) mass is 369 g/mol. The number of fused-ring (bicyclic) bond motifs is 1. The molecule has 1 unspecified atom stereocenters. The van der Waals surface area contributed by atoms with E-state index in [-0.39, 0.29) is 11.5 Å². The van der Waals surface area contributed by atoms with Gasteiger partial charge in [-0.15, -0.1) is 0 Å². The van der Waals surface area contributed by atoms with Gasteiger partial charge in [0.25, 0.3) is 5.91 Å². The molecule has 0 saturated heterocycles. The van der Waals surface area contributed by atoms with Crippen molar-refractivity contribution in [1.82, 2.24) is 20.5 Å². The number of H-pyrrole nitrogens is 1. The number of primary amides is 1. The summed E-state index contributed by atoms with van der Waals surface area (Å²) in [5.41, 5.74) is 7.25. The van der Waals surface area contributed by atoms with Gasteiger partial charge < -0.3 is 16.2 Å². The second-order valence-corrected chi connectivity index (χ2v) is 5.70. The van der Waals surface area contributed by atoms with Crippen LogP contribution in [0, 0.1) is 5.82 Å².